The molecule has 0 unspecified atom stereocenters. The van der Waals surface area contributed by atoms with Crippen LogP contribution in [0, 0.1) is 0 Å². The monoisotopic (exact) mass is 330 g/mol. The van der Waals surface area contributed by atoms with Gasteiger partial charge in [0.15, 0.2) is 0 Å². The summed E-state index contributed by atoms with van der Waals surface area (Å²) in [5.74, 6) is 0. The van der Waals surface area contributed by atoms with Crippen molar-refractivity contribution in [2.24, 2.45) is 0 Å². The highest BCUT2D eigenvalue weighted by Gasteiger charge is 2.16. The molecular weight excluding hydrogens is 318 g/mol. The Morgan fingerprint density at radius 3 is 1.52 bits per heavy atom. The minimum atomic E-state index is -0.618. The van der Waals surface area contributed by atoms with E-state index in [4.69, 9.17) is 23.2 Å². The second kappa shape index (κ2) is 6.62. The Hall–Kier alpha value is -1.33. The third-order valence-electron chi connectivity index (χ3n) is 3.19. The predicted octanol–water partition coefficient (Wildman–Crippen LogP) is 4.75. The number of hydrogen-bond donors (Lipinski definition) is 0. The molecule has 3 aromatic rings. The summed E-state index contributed by atoms with van der Waals surface area (Å²) in [7, 11) is -0.618. The molecule has 0 aromatic heterocycles. The second-order valence-corrected chi connectivity index (χ2v) is 7.64. The van der Waals surface area contributed by atoms with E-state index in [1.165, 1.54) is 15.9 Å². The molecule has 0 atom stereocenters. The molecule has 21 heavy (non-hydrogen) atoms. The highest BCUT2D eigenvalue weighted by Crippen LogP contribution is 2.34. The largest absolute Gasteiger partial charge is 0.0827 e. The molecule has 0 spiro atoms. The molecule has 0 saturated heterocycles. The number of benzene rings is 3. The molecule has 0 heterocycles. The molecule has 3 rings (SSSR count). The van der Waals surface area contributed by atoms with E-state index in [0.717, 1.165) is 0 Å². The maximum atomic E-state index is 6.21. The van der Waals surface area contributed by atoms with Gasteiger partial charge in [-0.3, -0.25) is 0 Å². The van der Waals surface area contributed by atoms with Gasteiger partial charge in [0.1, 0.15) is 0 Å². The van der Waals surface area contributed by atoms with Gasteiger partial charge in [-0.15, -0.1) is 0 Å². The van der Waals surface area contributed by atoms with Crippen LogP contribution in [0.25, 0.3) is 0 Å². The van der Waals surface area contributed by atoms with Crippen LogP contribution < -0.4 is 15.9 Å². The molecule has 0 saturated carbocycles. The Labute approximate surface area is 136 Å². The van der Waals surface area contributed by atoms with Crippen LogP contribution in [0.4, 0.5) is 0 Å². The lowest BCUT2D eigenvalue weighted by Gasteiger charge is -2.19. The fourth-order valence-electron chi connectivity index (χ4n) is 2.23. The summed E-state index contributed by atoms with van der Waals surface area (Å²) in [6.07, 6.45) is 0. The standard InChI is InChI=1S/C18H13Cl2P/c19-17-12-11-16(13-18(17)20)21(14-7-3-1-4-8-14)15-9-5-2-6-10-15/h1-13H. The molecular formula is C18H13Cl2P. The Morgan fingerprint density at radius 2 is 1.05 bits per heavy atom. The summed E-state index contributed by atoms with van der Waals surface area (Å²) < 4.78 is 0. The molecule has 0 nitrogen and oxygen atoms in total. The van der Waals surface area contributed by atoms with E-state index >= 15 is 0 Å². The van der Waals surface area contributed by atoms with Crippen LogP contribution >= 0.6 is 31.1 Å². The molecule has 0 aliphatic heterocycles. The van der Waals surface area contributed by atoms with Gasteiger partial charge in [0.05, 0.1) is 10.0 Å². The Bertz CT molecular complexity index is 687. The third kappa shape index (κ3) is 3.30. The minimum absolute atomic E-state index is 0.594. The lowest BCUT2D eigenvalue weighted by atomic mass is 10.3. The van der Waals surface area contributed by atoms with E-state index in [9.17, 15) is 0 Å². The van der Waals surface area contributed by atoms with Crippen molar-refractivity contribution in [2.45, 2.75) is 0 Å². The first kappa shape index (κ1) is 14.6. The highest BCUT2D eigenvalue weighted by molar-refractivity contribution is 7.79. The zero-order valence-corrected chi connectivity index (χ0v) is 13.6. The Kier molecular flexibility index (Phi) is 4.60. The van der Waals surface area contributed by atoms with Gasteiger partial charge in [-0.05, 0) is 36.0 Å². The Morgan fingerprint density at radius 1 is 0.524 bits per heavy atom. The quantitative estimate of drug-likeness (QED) is 0.608. The van der Waals surface area contributed by atoms with Crippen LogP contribution in [0.5, 0.6) is 0 Å². The summed E-state index contributed by atoms with van der Waals surface area (Å²) in [5, 5.41) is 5.01. The van der Waals surface area contributed by atoms with E-state index in [1.54, 1.807) is 0 Å². The predicted molar refractivity (Wildman–Crippen MR) is 95.2 cm³/mol. The average molecular weight is 331 g/mol. The van der Waals surface area contributed by atoms with Crippen LogP contribution in [0.15, 0.2) is 78.9 Å². The average Bonchev–Trinajstić information content (AvgIpc) is 2.53. The number of rotatable bonds is 3. The first-order chi connectivity index (χ1) is 10.3. The van der Waals surface area contributed by atoms with Gasteiger partial charge in [-0.2, -0.15) is 0 Å². The molecule has 3 aromatic carbocycles. The summed E-state index contributed by atoms with van der Waals surface area (Å²) in [4.78, 5) is 0. The van der Waals surface area contributed by atoms with Crippen molar-refractivity contribution in [3.63, 3.8) is 0 Å². The summed E-state index contributed by atoms with van der Waals surface area (Å²) in [6.45, 7) is 0. The zero-order chi connectivity index (χ0) is 14.7. The normalized spacial score (nSPS) is 10.8. The molecule has 0 aliphatic rings. The van der Waals surface area contributed by atoms with Gasteiger partial charge in [0.2, 0.25) is 0 Å². The molecule has 104 valence electrons. The van der Waals surface area contributed by atoms with Crippen molar-refractivity contribution < 1.29 is 0 Å². The maximum absolute atomic E-state index is 6.21. The summed E-state index contributed by atoms with van der Waals surface area (Å²) in [6, 6.07) is 27.0. The fourth-order valence-corrected chi connectivity index (χ4v) is 4.92. The molecule has 0 N–H and O–H groups in total. The Balaban J connectivity index is 2.14. The van der Waals surface area contributed by atoms with E-state index < -0.39 is 7.92 Å². The lowest BCUT2D eigenvalue weighted by Crippen LogP contribution is -2.20. The van der Waals surface area contributed by atoms with Gasteiger partial charge >= 0.3 is 0 Å². The van der Waals surface area contributed by atoms with Crippen molar-refractivity contribution in [3.8, 4) is 0 Å². The smallest absolute Gasteiger partial charge is 0.0598 e. The maximum Gasteiger partial charge on any atom is 0.0598 e. The van der Waals surface area contributed by atoms with Gasteiger partial charge < -0.3 is 0 Å². The molecule has 0 radical (unpaired) electrons. The van der Waals surface area contributed by atoms with Crippen molar-refractivity contribution in [1.82, 2.24) is 0 Å². The van der Waals surface area contributed by atoms with Crippen molar-refractivity contribution in [1.29, 1.82) is 0 Å². The SMILES string of the molecule is Clc1ccc(P(c2ccccc2)c2ccccc2)cc1Cl. The first-order valence-corrected chi connectivity index (χ1v) is 8.71. The van der Waals surface area contributed by atoms with E-state index in [2.05, 4.69) is 54.6 Å². The topological polar surface area (TPSA) is 0 Å². The summed E-state index contributed by atoms with van der Waals surface area (Å²) >= 11 is 12.3. The van der Waals surface area contributed by atoms with Crippen LogP contribution in [0.1, 0.15) is 0 Å². The molecule has 0 aliphatic carbocycles. The van der Waals surface area contributed by atoms with E-state index in [1.807, 2.05) is 24.3 Å². The van der Waals surface area contributed by atoms with Gasteiger partial charge in [-0.25, -0.2) is 0 Å². The van der Waals surface area contributed by atoms with Crippen LogP contribution in [0.2, 0.25) is 10.0 Å². The summed E-state index contributed by atoms with van der Waals surface area (Å²) in [5.41, 5.74) is 0. The first-order valence-electron chi connectivity index (χ1n) is 6.61. The molecule has 0 amide bonds. The number of hydrogen-bond acceptors (Lipinski definition) is 0. The van der Waals surface area contributed by atoms with Crippen molar-refractivity contribution in [2.75, 3.05) is 0 Å². The van der Waals surface area contributed by atoms with E-state index in [0.29, 0.717) is 10.0 Å². The van der Waals surface area contributed by atoms with Crippen LogP contribution in [0.3, 0.4) is 0 Å². The third-order valence-corrected chi connectivity index (χ3v) is 6.35. The van der Waals surface area contributed by atoms with Gasteiger partial charge in [0.25, 0.3) is 0 Å². The molecule has 3 heteroatoms. The lowest BCUT2D eigenvalue weighted by molar-refractivity contribution is 1.73. The van der Waals surface area contributed by atoms with Gasteiger partial charge in [0, 0.05) is 0 Å². The van der Waals surface area contributed by atoms with Crippen LogP contribution in [-0.2, 0) is 0 Å². The molecule has 0 fully saturated rings. The van der Waals surface area contributed by atoms with Crippen molar-refractivity contribution >= 4 is 47.0 Å². The van der Waals surface area contributed by atoms with Gasteiger partial charge in [-0.1, -0.05) is 89.9 Å². The molecule has 0 bridgehead atoms. The number of halogens is 2. The highest BCUT2D eigenvalue weighted by atomic mass is 35.5. The zero-order valence-electron chi connectivity index (χ0n) is 11.2. The minimum Gasteiger partial charge on any atom is -0.0827 e. The second-order valence-electron chi connectivity index (χ2n) is 4.60. The van der Waals surface area contributed by atoms with Crippen molar-refractivity contribution in [3.05, 3.63) is 88.9 Å². The van der Waals surface area contributed by atoms with E-state index in [-0.39, 0.29) is 0 Å². The van der Waals surface area contributed by atoms with Crippen LogP contribution in [-0.4, -0.2) is 0 Å². The fraction of sp³-hybridized carbons (Fsp3) is 0.